The molecule has 1 saturated carbocycles. The third kappa shape index (κ3) is 4.97. The molecule has 2 rings (SSSR count). The molecule has 0 spiro atoms. The van der Waals surface area contributed by atoms with E-state index in [4.69, 9.17) is 0 Å². The maximum Gasteiger partial charge on any atom is 0.335 e. The Kier molecular flexibility index (Phi) is 6.63. The molecule has 22 heavy (non-hydrogen) atoms. The second-order valence-electron chi connectivity index (χ2n) is 6.28. The lowest BCUT2D eigenvalue weighted by Crippen LogP contribution is -2.07. The number of hydrogen-bond donors (Lipinski definition) is 1. The Balaban J connectivity index is 2.09. The summed E-state index contributed by atoms with van der Waals surface area (Å²) in [6.07, 6.45) is 12.6. The van der Waals surface area contributed by atoms with Gasteiger partial charge in [0.05, 0.1) is 11.3 Å². The highest BCUT2D eigenvalue weighted by Gasteiger charge is 2.12. The van der Waals surface area contributed by atoms with Crippen LogP contribution in [-0.2, 0) is 6.42 Å². The minimum absolute atomic E-state index is 0.424. The van der Waals surface area contributed by atoms with Crippen LogP contribution in [0.2, 0.25) is 0 Å². The van der Waals surface area contributed by atoms with Gasteiger partial charge in [-0.05, 0) is 55.4 Å². The fraction of sp³-hybridized carbons (Fsp3) is 0.579. The Morgan fingerprint density at radius 3 is 2.73 bits per heavy atom. The monoisotopic (exact) mass is 301 g/mol. The smallest absolute Gasteiger partial charge is 0.335 e. The number of unbranched alkanes of at least 4 members (excludes halogenated alkanes) is 2. The molecule has 0 atom stereocenters. The van der Waals surface area contributed by atoms with Gasteiger partial charge in [-0.3, -0.25) is 4.99 Å². The average Bonchev–Trinajstić information content (AvgIpc) is 2.54. The zero-order valence-electron chi connectivity index (χ0n) is 13.6. The summed E-state index contributed by atoms with van der Waals surface area (Å²) in [4.78, 5) is 15.9. The Hall–Kier alpha value is -1.64. The van der Waals surface area contributed by atoms with Crippen molar-refractivity contribution in [2.75, 3.05) is 0 Å². The summed E-state index contributed by atoms with van der Waals surface area (Å²) >= 11 is 0. The number of carbonyl (C=O) groups is 1. The van der Waals surface area contributed by atoms with Crippen LogP contribution in [0.5, 0.6) is 0 Å². The van der Waals surface area contributed by atoms with Gasteiger partial charge in [0.15, 0.2) is 0 Å². The van der Waals surface area contributed by atoms with Gasteiger partial charge in [0, 0.05) is 6.21 Å². The van der Waals surface area contributed by atoms with E-state index >= 15 is 0 Å². The highest BCUT2D eigenvalue weighted by atomic mass is 16.4. The molecule has 1 aromatic carbocycles. The fourth-order valence-corrected chi connectivity index (χ4v) is 3.12. The van der Waals surface area contributed by atoms with Gasteiger partial charge in [0.2, 0.25) is 0 Å². The normalized spacial score (nSPS) is 16.2. The number of carboxylic acid groups (broad SMARTS) is 1. The van der Waals surface area contributed by atoms with E-state index in [1.165, 1.54) is 32.1 Å². The molecule has 0 unspecified atom stereocenters. The lowest BCUT2D eigenvalue weighted by Gasteiger charge is -2.17. The molecular formula is C19H27NO2. The van der Waals surface area contributed by atoms with Gasteiger partial charge in [-0.1, -0.05) is 39.0 Å². The van der Waals surface area contributed by atoms with E-state index in [2.05, 4.69) is 18.1 Å². The molecular weight excluding hydrogens is 274 g/mol. The topological polar surface area (TPSA) is 49.7 Å². The van der Waals surface area contributed by atoms with E-state index in [0.29, 0.717) is 11.5 Å². The second-order valence-corrected chi connectivity index (χ2v) is 6.28. The number of aromatic carboxylic acids is 1. The van der Waals surface area contributed by atoms with Crippen molar-refractivity contribution in [1.29, 1.82) is 0 Å². The molecule has 0 saturated heterocycles. The Labute approximate surface area is 133 Å². The fourth-order valence-electron chi connectivity index (χ4n) is 3.12. The first-order valence-corrected chi connectivity index (χ1v) is 8.61. The first-order valence-electron chi connectivity index (χ1n) is 8.61. The number of rotatable bonds is 7. The molecule has 3 nitrogen and oxygen atoms in total. The molecule has 1 N–H and O–H groups in total. The molecule has 1 aromatic rings. The number of aliphatic imine (C=N–C) groups is 1. The summed E-state index contributed by atoms with van der Waals surface area (Å²) in [5.41, 5.74) is 2.23. The molecule has 1 fully saturated rings. The zero-order valence-corrected chi connectivity index (χ0v) is 13.6. The molecule has 0 amide bonds. The number of nitrogens with zero attached hydrogens (tertiary/aromatic N) is 1. The lowest BCUT2D eigenvalue weighted by atomic mass is 9.90. The maximum absolute atomic E-state index is 11.3. The average molecular weight is 301 g/mol. The highest BCUT2D eigenvalue weighted by molar-refractivity contribution is 5.90. The number of benzene rings is 1. The van der Waals surface area contributed by atoms with Crippen molar-refractivity contribution < 1.29 is 9.90 Å². The van der Waals surface area contributed by atoms with Crippen LogP contribution in [0.25, 0.3) is 0 Å². The molecule has 0 heterocycles. The maximum atomic E-state index is 11.3. The summed E-state index contributed by atoms with van der Waals surface area (Å²) in [6, 6.07) is 5.49. The molecule has 0 radical (unpaired) electrons. The summed E-state index contributed by atoms with van der Waals surface area (Å²) in [5.74, 6) is -0.245. The third-order valence-electron chi connectivity index (χ3n) is 4.45. The molecule has 0 aromatic heterocycles. The van der Waals surface area contributed by atoms with Gasteiger partial charge in [0.25, 0.3) is 0 Å². The van der Waals surface area contributed by atoms with Crippen molar-refractivity contribution in [2.45, 2.75) is 64.7 Å². The molecule has 0 aliphatic heterocycles. The Bertz CT molecular complexity index is 516. The largest absolute Gasteiger partial charge is 0.478 e. The van der Waals surface area contributed by atoms with Crippen LogP contribution in [0.1, 0.15) is 74.2 Å². The van der Waals surface area contributed by atoms with Gasteiger partial charge in [-0.25, -0.2) is 4.79 Å². The minimum atomic E-state index is -0.839. The Morgan fingerprint density at radius 2 is 2.05 bits per heavy atom. The van der Waals surface area contributed by atoms with Crippen molar-refractivity contribution in [3.63, 3.8) is 0 Å². The predicted octanol–water partition coefficient (Wildman–Crippen LogP) is 5.40. The minimum Gasteiger partial charge on any atom is -0.478 e. The molecule has 3 heteroatoms. The lowest BCUT2D eigenvalue weighted by molar-refractivity contribution is 0.0695. The van der Waals surface area contributed by atoms with Crippen LogP contribution in [0.15, 0.2) is 23.2 Å². The SMILES string of the molecule is CCCCCc1cc(N=CC2CCCCC2)ccc1C(=O)O. The van der Waals surface area contributed by atoms with Gasteiger partial charge in [0.1, 0.15) is 0 Å². The van der Waals surface area contributed by atoms with Crippen molar-refractivity contribution in [3.8, 4) is 0 Å². The van der Waals surface area contributed by atoms with Crippen molar-refractivity contribution in [2.24, 2.45) is 10.9 Å². The van der Waals surface area contributed by atoms with Gasteiger partial charge in [-0.2, -0.15) is 0 Å². The second kappa shape index (κ2) is 8.72. The van der Waals surface area contributed by atoms with Crippen LogP contribution >= 0.6 is 0 Å². The summed E-state index contributed by atoms with van der Waals surface area (Å²) in [7, 11) is 0. The van der Waals surface area contributed by atoms with E-state index in [1.807, 2.05) is 12.1 Å². The first-order chi connectivity index (χ1) is 10.7. The standard InChI is InChI=1S/C19H27NO2/c1-2-3-5-10-16-13-17(11-12-18(16)19(21)22)20-14-15-8-6-4-7-9-15/h11-15H,2-10H2,1H3,(H,21,22). The summed E-state index contributed by atoms with van der Waals surface area (Å²) in [5, 5.41) is 9.31. The van der Waals surface area contributed by atoms with Crippen molar-refractivity contribution >= 4 is 17.9 Å². The van der Waals surface area contributed by atoms with Crippen molar-refractivity contribution in [1.82, 2.24) is 0 Å². The first kappa shape index (κ1) is 16.7. The molecule has 120 valence electrons. The molecule has 0 bridgehead atoms. The van der Waals surface area contributed by atoms with E-state index in [1.54, 1.807) is 6.07 Å². The van der Waals surface area contributed by atoms with Crippen LogP contribution in [0, 0.1) is 5.92 Å². The van der Waals surface area contributed by atoms with Gasteiger partial charge < -0.3 is 5.11 Å². The van der Waals surface area contributed by atoms with E-state index in [9.17, 15) is 9.90 Å². The van der Waals surface area contributed by atoms with Gasteiger partial charge in [-0.15, -0.1) is 0 Å². The van der Waals surface area contributed by atoms with E-state index in [-0.39, 0.29) is 0 Å². The molecule has 1 aliphatic carbocycles. The van der Waals surface area contributed by atoms with Crippen LogP contribution in [0.3, 0.4) is 0 Å². The quantitative estimate of drug-likeness (QED) is 0.541. The number of hydrogen-bond acceptors (Lipinski definition) is 2. The predicted molar refractivity (Wildman–Crippen MR) is 91.4 cm³/mol. The van der Waals surface area contributed by atoms with Crippen LogP contribution in [0.4, 0.5) is 5.69 Å². The van der Waals surface area contributed by atoms with Crippen LogP contribution in [-0.4, -0.2) is 17.3 Å². The number of aryl methyl sites for hydroxylation is 1. The highest BCUT2D eigenvalue weighted by Crippen LogP contribution is 2.24. The van der Waals surface area contributed by atoms with Crippen LogP contribution < -0.4 is 0 Å². The third-order valence-corrected chi connectivity index (χ3v) is 4.45. The van der Waals surface area contributed by atoms with Crippen molar-refractivity contribution in [3.05, 3.63) is 29.3 Å². The van der Waals surface area contributed by atoms with E-state index < -0.39 is 5.97 Å². The zero-order chi connectivity index (χ0) is 15.8. The van der Waals surface area contributed by atoms with E-state index in [0.717, 1.165) is 36.9 Å². The van der Waals surface area contributed by atoms with Gasteiger partial charge >= 0.3 is 5.97 Å². The molecule has 1 aliphatic rings. The summed E-state index contributed by atoms with van der Waals surface area (Å²) in [6.45, 7) is 2.16. The summed E-state index contributed by atoms with van der Waals surface area (Å²) < 4.78 is 0. The number of carboxylic acids is 1. The Morgan fingerprint density at radius 1 is 1.27 bits per heavy atom.